The number of aliphatic hydroxyl groups is 2. The van der Waals surface area contributed by atoms with Crippen molar-refractivity contribution in [1.29, 1.82) is 0 Å². The van der Waals surface area contributed by atoms with Crippen molar-refractivity contribution in [3.63, 3.8) is 0 Å². The second-order valence-corrected chi connectivity index (χ2v) is 8.60. The number of hydrogen-bond donors (Lipinski definition) is 4. The van der Waals surface area contributed by atoms with Crippen LogP contribution >= 0.6 is 11.6 Å². The van der Waals surface area contributed by atoms with Gasteiger partial charge in [0.1, 0.15) is 17.6 Å². The van der Waals surface area contributed by atoms with Gasteiger partial charge in [0.25, 0.3) is 0 Å². The summed E-state index contributed by atoms with van der Waals surface area (Å²) in [7, 11) is 0. The van der Waals surface area contributed by atoms with Gasteiger partial charge in [0.15, 0.2) is 0 Å². The lowest BCUT2D eigenvalue weighted by atomic mass is 9.95. The van der Waals surface area contributed by atoms with Crippen molar-refractivity contribution in [2.24, 2.45) is 5.92 Å². The quantitative estimate of drug-likeness (QED) is 0.384. The van der Waals surface area contributed by atoms with E-state index in [4.69, 9.17) is 23.1 Å². The number of fused-ring (bicyclic) bond motifs is 2. The third kappa shape index (κ3) is 3.56. The van der Waals surface area contributed by atoms with Crippen molar-refractivity contribution in [3.05, 3.63) is 53.3 Å². The summed E-state index contributed by atoms with van der Waals surface area (Å²) in [6, 6.07) is 9.43. The molecule has 1 fully saturated rings. The molecule has 4 aromatic rings. The van der Waals surface area contributed by atoms with Crippen LogP contribution in [-0.4, -0.2) is 41.9 Å². The number of pyridine rings is 1. The number of aliphatic hydroxyl groups excluding tert-OH is 2. The van der Waals surface area contributed by atoms with E-state index in [1.807, 2.05) is 41.1 Å². The van der Waals surface area contributed by atoms with E-state index in [0.29, 0.717) is 22.9 Å². The number of nitrogens with two attached hydrogens (primary N) is 2. The van der Waals surface area contributed by atoms with Gasteiger partial charge in [0.05, 0.1) is 22.7 Å². The van der Waals surface area contributed by atoms with Crippen molar-refractivity contribution < 1.29 is 10.2 Å². The molecule has 0 amide bonds. The third-order valence-corrected chi connectivity index (χ3v) is 6.57. The molecule has 5 rings (SSSR count). The summed E-state index contributed by atoms with van der Waals surface area (Å²) in [5, 5.41) is 23.7. The minimum absolute atomic E-state index is 0.0458. The van der Waals surface area contributed by atoms with Crippen LogP contribution in [0, 0.1) is 5.92 Å². The lowest BCUT2D eigenvalue weighted by Crippen LogP contribution is -2.29. The molecule has 1 aliphatic rings. The highest BCUT2D eigenvalue weighted by molar-refractivity contribution is 6.33. The largest absolute Gasteiger partial charge is 0.390 e. The van der Waals surface area contributed by atoms with Gasteiger partial charge in [-0.1, -0.05) is 23.7 Å². The first-order valence-electron chi connectivity index (χ1n) is 10.2. The van der Waals surface area contributed by atoms with Crippen molar-refractivity contribution in [3.8, 4) is 0 Å². The van der Waals surface area contributed by atoms with Crippen molar-refractivity contribution >= 4 is 45.3 Å². The van der Waals surface area contributed by atoms with Gasteiger partial charge in [-0.2, -0.15) is 4.98 Å². The van der Waals surface area contributed by atoms with Crippen LogP contribution in [-0.2, 0) is 6.42 Å². The molecule has 6 N–H and O–H groups in total. The summed E-state index contributed by atoms with van der Waals surface area (Å²) in [5.74, 6) is 0.450. The maximum Gasteiger partial charge on any atom is 0.221 e. The Kier molecular flexibility index (Phi) is 4.92. The predicted octanol–water partition coefficient (Wildman–Crippen LogP) is 2.71. The Morgan fingerprint density at radius 3 is 2.74 bits per heavy atom. The molecule has 8 nitrogen and oxygen atoms in total. The second-order valence-electron chi connectivity index (χ2n) is 8.20. The number of anilines is 2. The van der Waals surface area contributed by atoms with Crippen molar-refractivity contribution in [1.82, 2.24) is 19.5 Å². The molecule has 1 saturated carbocycles. The highest BCUT2D eigenvalue weighted by Crippen LogP contribution is 2.39. The van der Waals surface area contributed by atoms with Crippen LogP contribution in [0.4, 0.5) is 11.8 Å². The monoisotopic (exact) mass is 438 g/mol. The first kappa shape index (κ1) is 20.0. The molecule has 0 unspecified atom stereocenters. The van der Waals surface area contributed by atoms with E-state index in [-0.39, 0.29) is 17.9 Å². The smallest absolute Gasteiger partial charge is 0.221 e. The number of nitrogens with zero attached hydrogens (tertiary/aromatic N) is 4. The number of aryl methyl sites for hydroxylation is 1. The highest BCUT2D eigenvalue weighted by atomic mass is 35.5. The van der Waals surface area contributed by atoms with Gasteiger partial charge in [0.2, 0.25) is 5.95 Å². The zero-order valence-electron chi connectivity index (χ0n) is 16.7. The summed E-state index contributed by atoms with van der Waals surface area (Å²) in [5.41, 5.74) is 14.1. The second kappa shape index (κ2) is 7.64. The van der Waals surface area contributed by atoms with E-state index >= 15 is 0 Å². The Balaban J connectivity index is 1.34. The molecule has 1 aliphatic carbocycles. The average Bonchev–Trinajstić information content (AvgIpc) is 3.28. The fourth-order valence-electron chi connectivity index (χ4n) is 4.59. The molecular weight excluding hydrogens is 416 g/mol. The Morgan fingerprint density at radius 2 is 1.90 bits per heavy atom. The Bertz CT molecular complexity index is 1280. The van der Waals surface area contributed by atoms with E-state index in [0.717, 1.165) is 34.7 Å². The topological polar surface area (TPSA) is 136 Å². The fourth-order valence-corrected chi connectivity index (χ4v) is 4.75. The van der Waals surface area contributed by atoms with Gasteiger partial charge in [-0.05, 0) is 48.9 Å². The molecule has 0 radical (unpaired) electrons. The minimum atomic E-state index is -0.878. The van der Waals surface area contributed by atoms with Crippen molar-refractivity contribution in [2.75, 3.05) is 11.5 Å². The summed E-state index contributed by atoms with van der Waals surface area (Å²) in [6.45, 7) is 0. The zero-order chi connectivity index (χ0) is 21.7. The van der Waals surface area contributed by atoms with Crippen molar-refractivity contribution in [2.45, 2.75) is 37.5 Å². The molecule has 9 heteroatoms. The summed E-state index contributed by atoms with van der Waals surface area (Å²) in [4.78, 5) is 12.7. The number of rotatable bonds is 4. The summed E-state index contributed by atoms with van der Waals surface area (Å²) >= 11 is 6.05. The van der Waals surface area contributed by atoms with Gasteiger partial charge in [-0.25, -0.2) is 9.97 Å². The molecule has 31 heavy (non-hydrogen) atoms. The number of nitrogen functional groups attached to an aromatic ring is 2. The Hall–Kier alpha value is -2.94. The lowest BCUT2D eigenvalue weighted by Gasteiger charge is -2.19. The number of halogens is 1. The van der Waals surface area contributed by atoms with Crippen LogP contribution in [0.2, 0.25) is 5.02 Å². The Labute approximate surface area is 183 Å². The summed E-state index contributed by atoms with van der Waals surface area (Å²) in [6.07, 6.45) is 3.97. The zero-order valence-corrected chi connectivity index (χ0v) is 17.4. The standard InChI is InChI=1S/C22H23ClN6O2/c23-15-8-12-3-1-11(7-16(12)27-20(15)24)2-4-13-9-17(19(31)18(13)30)29-6-5-14-10-26-22(25)28-21(14)29/h1,3,5-8,10,13,17-19,30-31H,2,4,9H2,(H2,24,27)(H2,25,26,28)/t13-,17+,18+,19-/m0/s1. The first-order valence-corrected chi connectivity index (χ1v) is 10.6. The molecular formula is C22H23ClN6O2. The van der Waals surface area contributed by atoms with Gasteiger partial charge in [-0.3, -0.25) is 0 Å². The van der Waals surface area contributed by atoms with Gasteiger partial charge in [0, 0.05) is 23.2 Å². The van der Waals surface area contributed by atoms with Crippen LogP contribution < -0.4 is 11.5 Å². The minimum Gasteiger partial charge on any atom is -0.390 e. The number of benzene rings is 1. The fraction of sp³-hybridized carbons (Fsp3) is 0.318. The first-order chi connectivity index (χ1) is 14.9. The van der Waals surface area contributed by atoms with Crippen LogP contribution in [0.25, 0.3) is 21.9 Å². The van der Waals surface area contributed by atoms with Gasteiger partial charge < -0.3 is 26.2 Å². The highest BCUT2D eigenvalue weighted by Gasteiger charge is 2.42. The summed E-state index contributed by atoms with van der Waals surface area (Å²) < 4.78 is 1.90. The Morgan fingerprint density at radius 1 is 1.06 bits per heavy atom. The number of hydrogen-bond acceptors (Lipinski definition) is 7. The third-order valence-electron chi connectivity index (χ3n) is 6.27. The normalized spacial score (nSPS) is 23.7. The van der Waals surface area contributed by atoms with E-state index in [9.17, 15) is 10.2 Å². The number of aromatic nitrogens is 4. The van der Waals surface area contributed by atoms with E-state index in [1.54, 1.807) is 6.20 Å². The van der Waals surface area contributed by atoms with E-state index in [2.05, 4.69) is 15.0 Å². The van der Waals surface area contributed by atoms with Crippen LogP contribution in [0.15, 0.2) is 42.7 Å². The molecule has 3 heterocycles. The van der Waals surface area contributed by atoms with E-state index < -0.39 is 12.2 Å². The molecule has 0 bridgehead atoms. The SMILES string of the molecule is Nc1ncc2ccn([C@@H]3C[C@H](CCc4ccc5cc(Cl)c(N)nc5c4)[C@@H](O)[C@H]3O)c2n1. The van der Waals surface area contributed by atoms with Gasteiger partial charge >= 0.3 is 0 Å². The van der Waals surface area contributed by atoms with Crippen LogP contribution in [0.5, 0.6) is 0 Å². The molecule has 0 aliphatic heterocycles. The molecule has 3 aromatic heterocycles. The van der Waals surface area contributed by atoms with E-state index in [1.165, 1.54) is 0 Å². The molecule has 160 valence electrons. The predicted molar refractivity (Wildman–Crippen MR) is 121 cm³/mol. The van der Waals surface area contributed by atoms with Gasteiger partial charge in [-0.15, -0.1) is 0 Å². The van der Waals surface area contributed by atoms with Crippen LogP contribution in [0.3, 0.4) is 0 Å². The maximum absolute atomic E-state index is 10.7. The molecule has 0 spiro atoms. The molecule has 0 saturated heterocycles. The molecule has 4 atom stereocenters. The van der Waals surface area contributed by atoms with Crippen LogP contribution in [0.1, 0.15) is 24.4 Å². The molecule has 1 aromatic carbocycles. The average molecular weight is 439 g/mol. The lowest BCUT2D eigenvalue weighted by molar-refractivity contribution is 0.00546. The maximum atomic E-state index is 10.7.